The van der Waals surface area contributed by atoms with Gasteiger partial charge in [0.25, 0.3) is 5.91 Å². The largest absolute Gasteiger partial charge is 0.391 e. The van der Waals surface area contributed by atoms with Crippen LogP contribution in [0.15, 0.2) is 24.3 Å². The van der Waals surface area contributed by atoms with Gasteiger partial charge in [-0.05, 0) is 37.1 Å². The quantitative estimate of drug-likeness (QED) is 0.788. The second kappa shape index (κ2) is 7.43. The van der Waals surface area contributed by atoms with Gasteiger partial charge < -0.3 is 15.7 Å². The maximum absolute atomic E-state index is 11.8. The van der Waals surface area contributed by atoms with Gasteiger partial charge in [0.2, 0.25) is 5.91 Å². The van der Waals surface area contributed by atoms with Gasteiger partial charge in [0.15, 0.2) is 0 Å². The molecular formula is C15H19ClN2O3. The zero-order valence-corrected chi connectivity index (χ0v) is 12.4. The van der Waals surface area contributed by atoms with Crippen LogP contribution in [0.1, 0.15) is 36.0 Å². The Morgan fingerprint density at radius 3 is 2.52 bits per heavy atom. The predicted octanol–water partition coefficient (Wildman–Crippen LogP) is 1.49. The van der Waals surface area contributed by atoms with Crippen LogP contribution in [0.3, 0.4) is 0 Å². The highest BCUT2D eigenvalue weighted by molar-refractivity contribution is 6.30. The SMILES string of the molecule is O=C(CNC(=O)c1ccc(Cl)cc1)N[C@@H]1CCCC[C@H]1O. The standard InChI is InChI=1S/C15H19ClN2O3/c16-11-7-5-10(6-8-11)15(21)17-9-14(20)18-12-3-1-2-4-13(12)19/h5-8,12-13,19H,1-4,9H2,(H,17,21)(H,18,20)/t12-,13-/m1/s1. The molecule has 0 heterocycles. The van der Waals surface area contributed by atoms with Crippen molar-refractivity contribution in [3.8, 4) is 0 Å². The minimum Gasteiger partial charge on any atom is -0.391 e. The molecule has 1 aromatic carbocycles. The molecular weight excluding hydrogens is 292 g/mol. The van der Waals surface area contributed by atoms with Crippen LogP contribution in [0.5, 0.6) is 0 Å². The lowest BCUT2D eigenvalue weighted by Crippen LogP contribution is -2.48. The van der Waals surface area contributed by atoms with E-state index in [-0.39, 0.29) is 24.4 Å². The smallest absolute Gasteiger partial charge is 0.251 e. The first kappa shape index (κ1) is 15.8. The average Bonchev–Trinajstić information content (AvgIpc) is 2.48. The molecule has 5 nitrogen and oxygen atoms in total. The van der Waals surface area contributed by atoms with E-state index in [0.717, 1.165) is 19.3 Å². The topological polar surface area (TPSA) is 78.4 Å². The lowest BCUT2D eigenvalue weighted by molar-refractivity contribution is -0.122. The van der Waals surface area contributed by atoms with Gasteiger partial charge in [0, 0.05) is 10.6 Å². The lowest BCUT2D eigenvalue weighted by Gasteiger charge is -2.28. The zero-order chi connectivity index (χ0) is 15.2. The Hall–Kier alpha value is -1.59. The van der Waals surface area contributed by atoms with Crippen molar-refractivity contribution in [2.24, 2.45) is 0 Å². The average molecular weight is 311 g/mol. The summed E-state index contributed by atoms with van der Waals surface area (Å²) in [4.78, 5) is 23.6. The molecule has 2 amide bonds. The molecule has 1 fully saturated rings. The normalized spacial score (nSPS) is 21.6. The third-order valence-corrected chi connectivity index (χ3v) is 3.84. The van der Waals surface area contributed by atoms with Gasteiger partial charge in [0.05, 0.1) is 18.7 Å². The number of aliphatic hydroxyl groups excluding tert-OH is 1. The number of carbonyl (C=O) groups is 2. The van der Waals surface area contributed by atoms with Gasteiger partial charge in [-0.15, -0.1) is 0 Å². The molecule has 6 heteroatoms. The lowest BCUT2D eigenvalue weighted by atomic mass is 9.92. The van der Waals surface area contributed by atoms with Crippen molar-refractivity contribution in [3.05, 3.63) is 34.9 Å². The fraction of sp³-hybridized carbons (Fsp3) is 0.467. The highest BCUT2D eigenvalue weighted by atomic mass is 35.5. The molecule has 1 aliphatic rings. The number of nitrogens with one attached hydrogen (secondary N) is 2. The van der Waals surface area contributed by atoms with Gasteiger partial charge in [-0.2, -0.15) is 0 Å². The van der Waals surface area contributed by atoms with Crippen molar-refractivity contribution >= 4 is 23.4 Å². The zero-order valence-electron chi connectivity index (χ0n) is 11.6. The number of carbonyl (C=O) groups excluding carboxylic acids is 2. The monoisotopic (exact) mass is 310 g/mol. The van der Waals surface area contributed by atoms with Crippen molar-refractivity contribution in [1.29, 1.82) is 0 Å². The fourth-order valence-electron chi connectivity index (χ4n) is 2.40. The Labute approximate surface area is 128 Å². The number of benzene rings is 1. The summed E-state index contributed by atoms with van der Waals surface area (Å²) in [6.07, 6.45) is 2.98. The van der Waals surface area contributed by atoms with Crippen LogP contribution in [0.2, 0.25) is 5.02 Å². The molecule has 1 aromatic rings. The van der Waals surface area contributed by atoms with Crippen LogP contribution < -0.4 is 10.6 Å². The maximum atomic E-state index is 11.8. The molecule has 2 atom stereocenters. The number of hydrogen-bond acceptors (Lipinski definition) is 3. The van der Waals surface area contributed by atoms with E-state index in [9.17, 15) is 14.7 Å². The molecule has 21 heavy (non-hydrogen) atoms. The number of amides is 2. The van der Waals surface area contributed by atoms with E-state index in [1.807, 2.05) is 0 Å². The Bertz CT molecular complexity index is 504. The minimum atomic E-state index is -0.491. The highest BCUT2D eigenvalue weighted by Crippen LogP contribution is 2.18. The Kier molecular flexibility index (Phi) is 5.59. The van der Waals surface area contributed by atoms with Crippen molar-refractivity contribution in [2.75, 3.05) is 6.54 Å². The first-order valence-corrected chi connectivity index (χ1v) is 7.45. The number of aliphatic hydroxyl groups is 1. The van der Waals surface area contributed by atoms with Gasteiger partial charge in [-0.3, -0.25) is 9.59 Å². The van der Waals surface area contributed by atoms with Crippen LogP contribution in [-0.4, -0.2) is 35.6 Å². The molecule has 1 aliphatic carbocycles. The number of halogens is 1. The number of hydrogen-bond donors (Lipinski definition) is 3. The first-order chi connectivity index (χ1) is 10.1. The fourth-order valence-corrected chi connectivity index (χ4v) is 2.53. The van der Waals surface area contributed by atoms with Crippen molar-refractivity contribution in [1.82, 2.24) is 10.6 Å². The van der Waals surface area contributed by atoms with Crippen molar-refractivity contribution < 1.29 is 14.7 Å². The van der Waals surface area contributed by atoms with Crippen molar-refractivity contribution in [2.45, 2.75) is 37.8 Å². The van der Waals surface area contributed by atoms with Crippen LogP contribution in [0, 0.1) is 0 Å². The second-order valence-corrected chi connectivity index (χ2v) is 5.65. The second-order valence-electron chi connectivity index (χ2n) is 5.22. The molecule has 0 bridgehead atoms. The molecule has 0 aliphatic heterocycles. The van der Waals surface area contributed by atoms with Gasteiger partial charge in [-0.25, -0.2) is 0 Å². The summed E-state index contributed by atoms with van der Waals surface area (Å²) in [5, 5.41) is 15.6. The molecule has 1 saturated carbocycles. The summed E-state index contributed by atoms with van der Waals surface area (Å²) >= 11 is 5.75. The summed E-state index contributed by atoms with van der Waals surface area (Å²) in [5.74, 6) is -0.616. The Morgan fingerprint density at radius 2 is 1.86 bits per heavy atom. The maximum Gasteiger partial charge on any atom is 0.251 e. The number of rotatable bonds is 4. The van der Waals surface area contributed by atoms with Gasteiger partial charge >= 0.3 is 0 Å². The van der Waals surface area contributed by atoms with Crippen LogP contribution in [-0.2, 0) is 4.79 Å². The van der Waals surface area contributed by atoms with Crippen LogP contribution >= 0.6 is 11.6 Å². The highest BCUT2D eigenvalue weighted by Gasteiger charge is 2.24. The molecule has 0 unspecified atom stereocenters. The van der Waals surface area contributed by atoms with Crippen molar-refractivity contribution in [3.63, 3.8) is 0 Å². The predicted molar refractivity (Wildman–Crippen MR) is 80.2 cm³/mol. The van der Waals surface area contributed by atoms with Gasteiger partial charge in [-0.1, -0.05) is 24.4 Å². The summed E-state index contributed by atoms with van der Waals surface area (Å²) < 4.78 is 0. The van der Waals surface area contributed by atoms with E-state index in [2.05, 4.69) is 10.6 Å². The molecule has 0 saturated heterocycles. The molecule has 3 N–H and O–H groups in total. The van der Waals surface area contributed by atoms with E-state index in [1.165, 1.54) is 0 Å². The van der Waals surface area contributed by atoms with E-state index in [1.54, 1.807) is 24.3 Å². The molecule has 114 valence electrons. The van der Waals surface area contributed by atoms with E-state index < -0.39 is 6.10 Å². The van der Waals surface area contributed by atoms with Crippen LogP contribution in [0.25, 0.3) is 0 Å². The molecule has 0 radical (unpaired) electrons. The Balaban J connectivity index is 1.78. The minimum absolute atomic E-state index is 0.106. The summed E-state index contributed by atoms with van der Waals surface area (Å²) in [5.41, 5.74) is 0.449. The molecule has 0 spiro atoms. The molecule has 0 aromatic heterocycles. The third-order valence-electron chi connectivity index (χ3n) is 3.59. The Morgan fingerprint density at radius 1 is 1.19 bits per heavy atom. The first-order valence-electron chi connectivity index (χ1n) is 7.07. The van der Waals surface area contributed by atoms with E-state index in [4.69, 9.17) is 11.6 Å². The summed E-state index contributed by atoms with van der Waals surface area (Å²) in [6, 6.07) is 6.23. The van der Waals surface area contributed by atoms with Crippen LogP contribution in [0.4, 0.5) is 0 Å². The summed E-state index contributed by atoms with van der Waals surface area (Å²) in [6.45, 7) is -0.106. The molecule has 2 rings (SSSR count). The van der Waals surface area contributed by atoms with Gasteiger partial charge in [0.1, 0.15) is 0 Å². The summed E-state index contributed by atoms with van der Waals surface area (Å²) in [7, 11) is 0. The van der Waals surface area contributed by atoms with E-state index >= 15 is 0 Å². The van der Waals surface area contributed by atoms with E-state index in [0.29, 0.717) is 17.0 Å². The third kappa shape index (κ3) is 4.72.